The highest BCUT2D eigenvalue weighted by molar-refractivity contribution is 5.96. The zero-order valence-corrected chi connectivity index (χ0v) is 13.7. The first-order valence-corrected chi connectivity index (χ1v) is 8.02. The molecule has 2 aromatic carbocycles. The van der Waals surface area contributed by atoms with Gasteiger partial charge in [0.1, 0.15) is 5.75 Å². The Kier molecular flexibility index (Phi) is 6.10. The highest BCUT2D eigenvalue weighted by Crippen LogP contribution is 2.16. The lowest BCUT2D eigenvalue weighted by Crippen LogP contribution is -2.08. The van der Waals surface area contributed by atoms with Gasteiger partial charge in [-0.1, -0.05) is 44.0 Å². The first kappa shape index (κ1) is 16.9. The van der Waals surface area contributed by atoms with Crippen molar-refractivity contribution in [2.45, 2.75) is 39.5 Å². The number of ketones is 1. The van der Waals surface area contributed by atoms with E-state index >= 15 is 0 Å². The molecule has 0 saturated heterocycles. The van der Waals surface area contributed by atoms with Crippen molar-refractivity contribution in [3.8, 4) is 5.75 Å². The molecule has 0 fully saturated rings. The Morgan fingerprint density at radius 2 is 1.48 bits per heavy atom. The van der Waals surface area contributed by atoms with Crippen LogP contribution >= 0.6 is 0 Å². The van der Waals surface area contributed by atoms with Gasteiger partial charge in [0.25, 0.3) is 0 Å². The maximum Gasteiger partial charge on any atom is 0.343 e. The standard InChI is InChI=1S/C20H22O3/c1-3-4-5-6-16-7-13-19(14-8-16)23-20(22)18-11-9-17(10-12-18)15(2)21/h7-14H,3-6H2,1-2H3. The third kappa shape index (κ3) is 5.06. The molecule has 0 amide bonds. The first-order chi connectivity index (χ1) is 11.1. The van der Waals surface area contributed by atoms with Gasteiger partial charge in [0.15, 0.2) is 5.78 Å². The lowest BCUT2D eigenvalue weighted by molar-refractivity contribution is 0.0734. The molecule has 0 aromatic heterocycles. The molecule has 0 bridgehead atoms. The van der Waals surface area contributed by atoms with Gasteiger partial charge >= 0.3 is 5.97 Å². The predicted molar refractivity (Wildman–Crippen MR) is 91.1 cm³/mol. The van der Waals surface area contributed by atoms with Crippen molar-refractivity contribution in [2.24, 2.45) is 0 Å². The summed E-state index contributed by atoms with van der Waals surface area (Å²) in [5.74, 6) is 0.0901. The van der Waals surface area contributed by atoms with E-state index in [9.17, 15) is 9.59 Å². The summed E-state index contributed by atoms with van der Waals surface area (Å²) in [7, 11) is 0. The van der Waals surface area contributed by atoms with E-state index in [1.54, 1.807) is 24.3 Å². The fourth-order valence-electron chi connectivity index (χ4n) is 2.31. The summed E-state index contributed by atoms with van der Waals surface area (Å²) in [6, 6.07) is 14.1. The Bertz CT molecular complexity index is 654. The molecule has 2 aromatic rings. The van der Waals surface area contributed by atoms with Gasteiger partial charge in [-0.05, 0) is 49.6 Å². The number of hydrogen-bond donors (Lipinski definition) is 0. The average Bonchev–Trinajstić information content (AvgIpc) is 2.56. The van der Waals surface area contributed by atoms with Crippen LogP contribution in [0.5, 0.6) is 5.75 Å². The first-order valence-electron chi connectivity index (χ1n) is 8.02. The summed E-state index contributed by atoms with van der Waals surface area (Å²) in [4.78, 5) is 23.3. The topological polar surface area (TPSA) is 43.4 Å². The highest BCUT2D eigenvalue weighted by Gasteiger charge is 2.09. The minimum absolute atomic E-state index is 0.0245. The van der Waals surface area contributed by atoms with E-state index in [-0.39, 0.29) is 5.78 Å². The SMILES string of the molecule is CCCCCc1ccc(OC(=O)c2ccc(C(C)=O)cc2)cc1. The molecule has 0 aliphatic carbocycles. The van der Waals surface area contributed by atoms with Crippen molar-refractivity contribution in [3.05, 3.63) is 65.2 Å². The highest BCUT2D eigenvalue weighted by atomic mass is 16.5. The monoisotopic (exact) mass is 310 g/mol. The third-order valence-corrected chi connectivity index (χ3v) is 3.73. The number of benzene rings is 2. The van der Waals surface area contributed by atoms with Gasteiger partial charge in [-0.25, -0.2) is 4.79 Å². The van der Waals surface area contributed by atoms with Gasteiger partial charge in [0.2, 0.25) is 0 Å². The van der Waals surface area contributed by atoms with Crippen molar-refractivity contribution >= 4 is 11.8 Å². The largest absolute Gasteiger partial charge is 0.423 e. The van der Waals surface area contributed by atoms with E-state index in [2.05, 4.69) is 6.92 Å². The summed E-state index contributed by atoms with van der Waals surface area (Å²) in [5, 5.41) is 0. The Balaban J connectivity index is 1.95. The molecular weight excluding hydrogens is 288 g/mol. The molecule has 120 valence electrons. The number of rotatable bonds is 7. The zero-order valence-electron chi connectivity index (χ0n) is 13.7. The van der Waals surface area contributed by atoms with Gasteiger partial charge < -0.3 is 4.74 Å². The predicted octanol–water partition coefficient (Wildman–Crippen LogP) is 4.84. The maximum atomic E-state index is 12.1. The quantitative estimate of drug-likeness (QED) is 0.318. The number of carbonyl (C=O) groups excluding carboxylic acids is 2. The number of unbranched alkanes of at least 4 members (excludes halogenated alkanes) is 2. The molecule has 3 nitrogen and oxygen atoms in total. The fourth-order valence-corrected chi connectivity index (χ4v) is 2.31. The molecule has 2 rings (SSSR count). The Labute approximate surface area is 137 Å². The molecule has 0 radical (unpaired) electrons. The van der Waals surface area contributed by atoms with Crippen LogP contribution in [-0.4, -0.2) is 11.8 Å². The Morgan fingerprint density at radius 3 is 2.04 bits per heavy atom. The molecule has 23 heavy (non-hydrogen) atoms. The van der Waals surface area contributed by atoms with E-state index in [4.69, 9.17) is 4.74 Å². The van der Waals surface area contributed by atoms with Gasteiger partial charge in [-0.15, -0.1) is 0 Å². The van der Waals surface area contributed by atoms with Crippen LogP contribution in [0.15, 0.2) is 48.5 Å². The fraction of sp³-hybridized carbons (Fsp3) is 0.300. The minimum Gasteiger partial charge on any atom is -0.423 e. The van der Waals surface area contributed by atoms with Crippen LogP contribution < -0.4 is 4.74 Å². The summed E-state index contributed by atoms with van der Waals surface area (Å²) >= 11 is 0. The average molecular weight is 310 g/mol. The van der Waals surface area contributed by atoms with Crippen molar-refractivity contribution in [2.75, 3.05) is 0 Å². The number of carbonyl (C=O) groups is 2. The second-order valence-corrected chi connectivity index (χ2v) is 5.62. The number of ether oxygens (including phenoxy) is 1. The molecule has 0 atom stereocenters. The summed E-state index contributed by atoms with van der Waals surface area (Å²) in [6.07, 6.45) is 4.66. The molecule has 0 saturated carbocycles. The summed E-state index contributed by atoms with van der Waals surface area (Å²) < 4.78 is 5.36. The van der Waals surface area contributed by atoms with Crippen LogP contribution in [0.3, 0.4) is 0 Å². The molecule has 3 heteroatoms. The molecule has 0 N–H and O–H groups in total. The normalized spacial score (nSPS) is 10.3. The van der Waals surface area contributed by atoms with E-state index in [1.165, 1.54) is 31.7 Å². The van der Waals surface area contributed by atoms with Crippen LogP contribution in [0.4, 0.5) is 0 Å². The number of Topliss-reactive ketones (excluding diaryl/α,β-unsaturated/α-hetero) is 1. The van der Waals surface area contributed by atoms with Gasteiger partial charge in [0.05, 0.1) is 5.56 Å². The smallest absolute Gasteiger partial charge is 0.343 e. The van der Waals surface area contributed by atoms with Crippen LogP contribution in [0.1, 0.15) is 59.4 Å². The van der Waals surface area contributed by atoms with E-state index < -0.39 is 5.97 Å². The molecule has 0 aliphatic heterocycles. The maximum absolute atomic E-state index is 12.1. The number of esters is 1. The lowest BCUT2D eigenvalue weighted by atomic mass is 10.1. The van der Waals surface area contributed by atoms with E-state index in [0.717, 1.165) is 6.42 Å². The third-order valence-electron chi connectivity index (χ3n) is 3.73. The summed E-state index contributed by atoms with van der Waals surface area (Å²) in [6.45, 7) is 3.68. The van der Waals surface area contributed by atoms with Crippen LogP contribution in [0, 0.1) is 0 Å². The van der Waals surface area contributed by atoms with Crippen LogP contribution in [0.2, 0.25) is 0 Å². The molecule has 0 spiro atoms. The number of hydrogen-bond acceptors (Lipinski definition) is 3. The van der Waals surface area contributed by atoms with Crippen LogP contribution in [-0.2, 0) is 6.42 Å². The van der Waals surface area contributed by atoms with Crippen molar-refractivity contribution in [1.82, 2.24) is 0 Å². The molecule has 0 heterocycles. The lowest BCUT2D eigenvalue weighted by Gasteiger charge is -2.06. The van der Waals surface area contributed by atoms with E-state index in [1.807, 2.05) is 24.3 Å². The summed E-state index contributed by atoms with van der Waals surface area (Å²) in [5.41, 5.74) is 2.27. The van der Waals surface area contributed by atoms with E-state index in [0.29, 0.717) is 16.9 Å². The van der Waals surface area contributed by atoms with Crippen molar-refractivity contribution < 1.29 is 14.3 Å². The molecular formula is C20H22O3. The Hall–Kier alpha value is -2.42. The van der Waals surface area contributed by atoms with Crippen molar-refractivity contribution in [3.63, 3.8) is 0 Å². The van der Waals surface area contributed by atoms with Gasteiger partial charge in [-0.2, -0.15) is 0 Å². The van der Waals surface area contributed by atoms with Crippen LogP contribution in [0.25, 0.3) is 0 Å². The Morgan fingerprint density at radius 1 is 0.870 bits per heavy atom. The molecule has 0 aliphatic rings. The van der Waals surface area contributed by atoms with Gasteiger partial charge in [0, 0.05) is 5.56 Å². The minimum atomic E-state index is -0.418. The zero-order chi connectivity index (χ0) is 16.7. The molecule has 0 unspecified atom stereocenters. The second kappa shape index (κ2) is 8.28. The number of aryl methyl sites for hydroxylation is 1. The second-order valence-electron chi connectivity index (χ2n) is 5.62. The van der Waals surface area contributed by atoms with Gasteiger partial charge in [-0.3, -0.25) is 4.79 Å². The van der Waals surface area contributed by atoms with Crippen molar-refractivity contribution in [1.29, 1.82) is 0 Å².